The number of thiazole rings is 1. The van der Waals surface area contributed by atoms with Gasteiger partial charge in [0.25, 0.3) is 0 Å². The van der Waals surface area contributed by atoms with Crippen LogP contribution in [0.3, 0.4) is 0 Å². The van der Waals surface area contributed by atoms with Crippen LogP contribution in [0.15, 0.2) is 30.6 Å². The Bertz CT molecular complexity index is 1550. The van der Waals surface area contributed by atoms with Gasteiger partial charge >= 0.3 is 11.8 Å². The number of piperidine rings is 2. The van der Waals surface area contributed by atoms with Crippen LogP contribution in [0.1, 0.15) is 55.1 Å². The fourth-order valence-corrected chi connectivity index (χ4v) is 7.05. The Kier molecular flexibility index (Phi) is 6.72. The summed E-state index contributed by atoms with van der Waals surface area (Å²) in [6.45, 7) is 4.85. The molecule has 4 aromatic rings. The van der Waals surface area contributed by atoms with E-state index in [0.717, 1.165) is 49.9 Å². The van der Waals surface area contributed by atoms with Gasteiger partial charge in [-0.2, -0.15) is 5.10 Å². The Morgan fingerprint density at radius 2 is 1.90 bits per heavy atom. The van der Waals surface area contributed by atoms with Gasteiger partial charge < -0.3 is 20.9 Å². The van der Waals surface area contributed by atoms with Gasteiger partial charge in [-0.05, 0) is 69.4 Å². The smallest absolute Gasteiger partial charge is 0.313 e. The molecule has 10 nitrogen and oxygen atoms in total. The first-order valence-corrected chi connectivity index (χ1v) is 14.4. The molecule has 0 spiro atoms. The molecule has 0 aliphatic carbocycles. The highest BCUT2D eigenvalue weighted by molar-refractivity contribution is 7.18. The maximum Gasteiger partial charge on any atom is 0.313 e. The van der Waals surface area contributed by atoms with Gasteiger partial charge in [0.1, 0.15) is 11.3 Å². The Balaban J connectivity index is 1.24. The molecule has 2 atom stereocenters. The van der Waals surface area contributed by atoms with Gasteiger partial charge in [0.2, 0.25) is 0 Å². The molecular weight excluding hydrogens is 512 g/mol. The SMILES string of the molecule is C[C@H]1CC[C@H](c2ccc3sc(C4CCN(C)CC4)nc3c2)N(C(=O)C(=O)Nc2cnc(N)c3c2cnn3C)C1. The van der Waals surface area contributed by atoms with Gasteiger partial charge in [-0.15, -0.1) is 11.3 Å². The van der Waals surface area contributed by atoms with Crippen LogP contribution in [0.25, 0.3) is 21.1 Å². The summed E-state index contributed by atoms with van der Waals surface area (Å²) < 4.78 is 2.77. The van der Waals surface area contributed by atoms with Gasteiger partial charge in [0.05, 0.1) is 39.3 Å². The van der Waals surface area contributed by atoms with E-state index in [9.17, 15) is 9.59 Å². The topological polar surface area (TPSA) is 122 Å². The average Bonchev–Trinajstić information content (AvgIpc) is 3.54. The number of nitrogen functional groups attached to an aromatic ring is 1. The van der Waals surface area contributed by atoms with Crippen molar-refractivity contribution in [3.05, 3.63) is 41.2 Å². The van der Waals surface area contributed by atoms with E-state index in [1.54, 1.807) is 34.2 Å². The molecule has 39 heavy (non-hydrogen) atoms. The summed E-state index contributed by atoms with van der Waals surface area (Å²) in [5, 5.41) is 8.84. The number of rotatable bonds is 3. The number of nitrogens with zero attached hydrogens (tertiary/aromatic N) is 6. The molecule has 6 rings (SSSR count). The highest BCUT2D eigenvalue weighted by atomic mass is 32.1. The van der Waals surface area contributed by atoms with Crippen molar-refractivity contribution in [3.8, 4) is 0 Å². The minimum Gasteiger partial charge on any atom is -0.382 e. The van der Waals surface area contributed by atoms with Gasteiger partial charge in [0, 0.05) is 24.9 Å². The van der Waals surface area contributed by atoms with E-state index in [-0.39, 0.29) is 6.04 Å². The van der Waals surface area contributed by atoms with Crippen molar-refractivity contribution in [1.82, 2.24) is 29.5 Å². The lowest BCUT2D eigenvalue weighted by molar-refractivity contribution is -0.146. The number of hydrogen-bond acceptors (Lipinski definition) is 8. The van der Waals surface area contributed by atoms with E-state index in [2.05, 4.69) is 52.5 Å². The molecule has 5 heterocycles. The lowest BCUT2D eigenvalue weighted by atomic mass is 9.89. The summed E-state index contributed by atoms with van der Waals surface area (Å²) in [6.07, 6.45) is 7.14. The number of aromatic nitrogens is 4. The first kappa shape index (κ1) is 25.7. The molecule has 11 heteroatoms. The molecule has 2 aliphatic heterocycles. The number of carbonyl (C=O) groups excluding carboxylic acids is 2. The number of nitrogens with one attached hydrogen (secondary N) is 1. The highest BCUT2D eigenvalue weighted by Gasteiger charge is 2.35. The summed E-state index contributed by atoms with van der Waals surface area (Å²) in [7, 11) is 3.93. The van der Waals surface area contributed by atoms with Crippen molar-refractivity contribution in [2.45, 2.75) is 44.6 Å². The first-order valence-electron chi connectivity index (χ1n) is 13.6. The molecule has 3 N–H and O–H groups in total. The molecule has 0 bridgehead atoms. The number of hydrogen-bond donors (Lipinski definition) is 2. The van der Waals surface area contributed by atoms with Gasteiger partial charge in [-0.25, -0.2) is 9.97 Å². The van der Waals surface area contributed by atoms with Crippen molar-refractivity contribution in [2.24, 2.45) is 13.0 Å². The fraction of sp³-hybridized carbons (Fsp3) is 0.464. The van der Waals surface area contributed by atoms with E-state index in [1.165, 1.54) is 15.9 Å². The van der Waals surface area contributed by atoms with E-state index in [1.807, 2.05) is 0 Å². The van der Waals surface area contributed by atoms with E-state index in [4.69, 9.17) is 10.7 Å². The Hall–Kier alpha value is -3.57. The molecule has 0 unspecified atom stereocenters. The normalized spacial score (nSPS) is 21.1. The van der Waals surface area contributed by atoms with Crippen LogP contribution in [-0.4, -0.2) is 68.0 Å². The number of benzene rings is 1. The second kappa shape index (κ2) is 10.2. The first-order chi connectivity index (χ1) is 18.8. The standard InChI is InChI=1S/C28H34N8O2S/c1-16-4-6-22(18-5-7-23-20(12-18)33-27(39-23)17-8-10-34(2)11-9-17)36(15-16)28(38)26(37)32-21-14-30-25(29)24-19(21)13-31-35(24)3/h5,7,12-14,16-17,22H,4,6,8-11,15H2,1-3H3,(H2,29,30)(H,32,37)/t16-,22+/m0/s1. The predicted molar refractivity (Wildman–Crippen MR) is 153 cm³/mol. The molecular formula is C28H34N8O2S. The molecule has 2 amide bonds. The van der Waals surface area contributed by atoms with Crippen LogP contribution in [0.2, 0.25) is 0 Å². The number of pyridine rings is 1. The van der Waals surface area contributed by atoms with Crippen LogP contribution >= 0.6 is 11.3 Å². The second-order valence-electron chi connectivity index (χ2n) is 11.1. The van der Waals surface area contributed by atoms with Crippen molar-refractivity contribution in [2.75, 3.05) is 37.7 Å². The van der Waals surface area contributed by atoms with E-state index in [0.29, 0.717) is 40.8 Å². The minimum atomic E-state index is -0.690. The minimum absolute atomic E-state index is 0.180. The van der Waals surface area contributed by atoms with Gasteiger partial charge in [0.15, 0.2) is 0 Å². The molecule has 2 saturated heterocycles. The zero-order valence-corrected chi connectivity index (χ0v) is 23.4. The molecule has 204 valence electrons. The Morgan fingerprint density at radius 1 is 1.10 bits per heavy atom. The van der Waals surface area contributed by atoms with Crippen LogP contribution in [0.4, 0.5) is 11.5 Å². The number of likely N-dealkylation sites (tertiary alicyclic amines) is 2. The van der Waals surface area contributed by atoms with Crippen molar-refractivity contribution in [1.29, 1.82) is 0 Å². The van der Waals surface area contributed by atoms with Crippen LogP contribution < -0.4 is 11.1 Å². The summed E-state index contributed by atoms with van der Waals surface area (Å²) in [5.41, 5.74) is 9.03. The fourth-order valence-electron chi connectivity index (χ4n) is 5.93. The number of carbonyl (C=O) groups is 2. The Labute approximate surface area is 231 Å². The molecule has 1 aromatic carbocycles. The quantitative estimate of drug-likeness (QED) is 0.374. The predicted octanol–water partition coefficient (Wildman–Crippen LogP) is 3.91. The van der Waals surface area contributed by atoms with Gasteiger partial charge in [-0.1, -0.05) is 13.0 Å². The molecule has 0 saturated carbocycles. The van der Waals surface area contributed by atoms with Crippen molar-refractivity contribution >= 4 is 55.8 Å². The summed E-state index contributed by atoms with van der Waals surface area (Å²) in [6, 6.07) is 6.16. The Morgan fingerprint density at radius 3 is 2.69 bits per heavy atom. The number of anilines is 2. The average molecular weight is 547 g/mol. The molecule has 2 fully saturated rings. The zero-order valence-electron chi connectivity index (χ0n) is 22.6. The zero-order chi connectivity index (χ0) is 27.3. The maximum absolute atomic E-state index is 13.6. The molecule has 3 aromatic heterocycles. The summed E-state index contributed by atoms with van der Waals surface area (Å²) >= 11 is 1.78. The number of aryl methyl sites for hydroxylation is 1. The third kappa shape index (κ3) is 4.85. The van der Waals surface area contributed by atoms with Crippen molar-refractivity contribution < 1.29 is 9.59 Å². The van der Waals surface area contributed by atoms with Gasteiger partial charge in [-0.3, -0.25) is 14.3 Å². The van der Waals surface area contributed by atoms with Crippen molar-refractivity contribution in [3.63, 3.8) is 0 Å². The lowest BCUT2D eigenvalue weighted by Gasteiger charge is -2.38. The number of fused-ring (bicyclic) bond motifs is 2. The highest BCUT2D eigenvalue weighted by Crippen LogP contribution is 2.38. The summed E-state index contributed by atoms with van der Waals surface area (Å²) in [4.78, 5) is 40.1. The number of amides is 2. The third-order valence-corrected chi connectivity index (χ3v) is 9.40. The van der Waals surface area contributed by atoms with E-state index >= 15 is 0 Å². The molecule has 2 aliphatic rings. The van der Waals surface area contributed by atoms with Crippen LogP contribution in [-0.2, 0) is 16.6 Å². The number of nitrogens with two attached hydrogens (primary N) is 1. The monoisotopic (exact) mass is 546 g/mol. The molecule has 0 radical (unpaired) electrons. The maximum atomic E-state index is 13.6. The summed E-state index contributed by atoms with van der Waals surface area (Å²) in [5.74, 6) is -0.111. The van der Waals surface area contributed by atoms with Crippen LogP contribution in [0, 0.1) is 5.92 Å². The lowest BCUT2D eigenvalue weighted by Crippen LogP contribution is -2.46. The van der Waals surface area contributed by atoms with Crippen LogP contribution in [0.5, 0.6) is 0 Å². The third-order valence-electron chi connectivity index (χ3n) is 8.21. The largest absolute Gasteiger partial charge is 0.382 e. The van der Waals surface area contributed by atoms with E-state index < -0.39 is 11.8 Å². The second-order valence-corrected chi connectivity index (χ2v) is 12.1.